The van der Waals surface area contributed by atoms with Crippen molar-refractivity contribution >= 4 is 27.2 Å². The predicted octanol–water partition coefficient (Wildman–Crippen LogP) is 4.02. The first kappa shape index (κ1) is 12.0. The molecule has 0 saturated heterocycles. The molecule has 0 saturated carbocycles. The van der Waals surface area contributed by atoms with Crippen molar-refractivity contribution in [2.75, 3.05) is 5.73 Å². The van der Waals surface area contributed by atoms with E-state index in [9.17, 15) is 0 Å². The van der Waals surface area contributed by atoms with E-state index in [0.717, 1.165) is 21.5 Å². The lowest BCUT2D eigenvalue weighted by atomic mass is 10.1. The normalized spacial score (nSPS) is 12.5. The van der Waals surface area contributed by atoms with Crippen LogP contribution < -0.4 is 10.5 Å². The van der Waals surface area contributed by atoms with Gasteiger partial charge in [-0.25, -0.2) is 4.98 Å². The van der Waals surface area contributed by atoms with Crippen LogP contribution in [0, 0.1) is 0 Å². The standard InChI is InChI=1S/C15H14N2OS/c1-10(11-5-3-2-4-6-11)18-15-17-13-8-7-12(16)9-14(13)19-15/h2-10H,16H2,1H3. The van der Waals surface area contributed by atoms with Gasteiger partial charge in [0.05, 0.1) is 10.2 Å². The summed E-state index contributed by atoms with van der Waals surface area (Å²) in [5.74, 6) is 0. The van der Waals surface area contributed by atoms with Crippen molar-refractivity contribution in [1.29, 1.82) is 0 Å². The number of hydrogen-bond donors (Lipinski definition) is 1. The van der Waals surface area contributed by atoms with E-state index in [4.69, 9.17) is 10.5 Å². The molecule has 0 fully saturated rings. The van der Waals surface area contributed by atoms with Crippen molar-refractivity contribution < 1.29 is 4.74 Å². The molecule has 0 aliphatic heterocycles. The number of anilines is 1. The van der Waals surface area contributed by atoms with Gasteiger partial charge in [0.2, 0.25) is 0 Å². The number of nitrogens with zero attached hydrogens (tertiary/aromatic N) is 1. The Hall–Kier alpha value is -2.07. The molecular formula is C15H14N2OS. The first-order valence-corrected chi connectivity index (χ1v) is 6.92. The predicted molar refractivity (Wildman–Crippen MR) is 79.5 cm³/mol. The summed E-state index contributed by atoms with van der Waals surface area (Å²) in [6.45, 7) is 2.02. The van der Waals surface area contributed by atoms with Gasteiger partial charge < -0.3 is 10.5 Å². The Labute approximate surface area is 115 Å². The van der Waals surface area contributed by atoms with Gasteiger partial charge in [0.1, 0.15) is 6.10 Å². The number of nitrogens with two attached hydrogens (primary N) is 1. The molecule has 0 aliphatic carbocycles. The molecule has 3 aromatic rings. The molecule has 3 rings (SSSR count). The van der Waals surface area contributed by atoms with Gasteiger partial charge in [-0.1, -0.05) is 41.7 Å². The summed E-state index contributed by atoms with van der Waals surface area (Å²) in [5.41, 5.74) is 8.58. The van der Waals surface area contributed by atoms with Gasteiger partial charge in [0.25, 0.3) is 5.19 Å². The van der Waals surface area contributed by atoms with Gasteiger partial charge in [-0.05, 0) is 30.7 Å². The highest BCUT2D eigenvalue weighted by atomic mass is 32.1. The molecule has 0 amide bonds. The zero-order valence-electron chi connectivity index (χ0n) is 10.5. The molecule has 2 N–H and O–H groups in total. The molecule has 1 atom stereocenters. The van der Waals surface area contributed by atoms with Crippen LogP contribution in [0.2, 0.25) is 0 Å². The Kier molecular flexibility index (Phi) is 3.09. The summed E-state index contributed by atoms with van der Waals surface area (Å²) in [6, 6.07) is 15.8. The maximum absolute atomic E-state index is 5.89. The number of rotatable bonds is 3. The SMILES string of the molecule is CC(Oc1nc2ccc(N)cc2s1)c1ccccc1. The maximum atomic E-state index is 5.89. The quantitative estimate of drug-likeness (QED) is 0.731. The molecule has 0 radical (unpaired) electrons. The minimum atomic E-state index is -0.0147. The lowest BCUT2D eigenvalue weighted by Gasteiger charge is -2.11. The van der Waals surface area contributed by atoms with Crippen LogP contribution in [-0.2, 0) is 0 Å². The van der Waals surface area contributed by atoms with Crippen LogP contribution in [0.4, 0.5) is 5.69 Å². The van der Waals surface area contributed by atoms with Crippen molar-refractivity contribution in [2.24, 2.45) is 0 Å². The second-order valence-electron chi connectivity index (χ2n) is 4.38. The summed E-state index contributed by atoms with van der Waals surface area (Å²) in [5, 5.41) is 0.678. The van der Waals surface area contributed by atoms with Crippen molar-refractivity contribution in [3.8, 4) is 5.19 Å². The monoisotopic (exact) mass is 270 g/mol. The Bertz CT molecular complexity index is 694. The van der Waals surface area contributed by atoms with E-state index >= 15 is 0 Å². The fourth-order valence-electron chi connectivity index (χ4n) is 1.91. The van der Waals surface area contributed by atoms with Crippen LogP contribution in [0.3, 0.4) is 0 Å². The lowest BCUT2D eigenvalue weighted by molar-refractivity contribution is 0.226. The van der Waals surface area contributed by atoms with E-state index in [1.807, 2.05) is 43.3 Å². The summed E-state index contributed by atoms with van der Waals surface area (Å²) < 4.78 is 6.94. The molecule has 1 heterocycles. The highest BCUT2D eigenvalue weighted by Gasteiger charge is 2.10. The molecule has 19 heavy (non-hydrogen) atoms. The summed E-state index contributed by atoms with van der Waals surface area (Å²) in [6.07, 6.45) is -0.0147. The number of ether oxygens (including phenoxy) is 1. The van der Waals surface area contributed by atoms with Gasteiger partial charge in [-0.3, -0.25) is 0 Å². The Balaban J connectivity index is 1.85. The van der Waals surface area contributed by atoms with Crippen LogP contribution in [0.1, 0.15) is 18.6 Å². The van der Waals surface area contributed by atoms with Gasteiger partial charge in [0.15, 0.2) is 0 Å². The number of nitrogen functional groups attached to an aromatic ring is 1. The van der Waals surface area contributed by atoms with E-state index in [0.29, 0.717) is 5.19 Å². The first-order valence-electron chi connectivity index (χ1n) is 6.10. The summed E-state index contributed by atoms with van der Waals surface area (Å²) in [7, 11) is 0. The molecule has 0 bridgehead atoms. The first-order chi connectivity index (χ1) is 9.22. The van der Waals surface area contributed by atoms with Crippen molar-refractivity contribution in [2.45, 2.75) is 13.0 Å². The maximum Gasteiger partial charge on any atom is 0.274 e. The van der Waals surface area contributed by atoms with Crippen LogP contribution in [-0.4, -0.2) is 4.98 Å². The van der Waals surface area contributed by atoms with Crippen molar-refractivity contribution in [3.63, 3.8) is 0 Å². The van der Waals surface area contributed by atoms with E-state index < -0.39 is 0 Å². The van der Waals surface area contributed by atoms with E-state index in [2.05, 4.69) is 17.1 Å². The summed E-state index contributed by atoms with van der Waals surface area (Å²) >= 11 is 1.52. The molecule has 4 heteroatoms. The molecular weight excluding hydrogens is 256 g/mol. The number of thiazole rings is 1. The minimum Gasteiger partial charge on any atom is -0.462 e. The van der Waals surface area contributed by atoms with Crippen molar-refractivity contribution in [3.05, 3.63) is 54.1 Å². The largest absolute Gasteiger partial charge is 0.462 e. The van der Waals surface area contributed by atoms with Crippen LogP contribution in [0.15, 0.2) is 48.5 Å². The zero-order valence-corrected chi connectivity index (χ0v) is 11.4. The molecule has 1 aromatic heterocycles. The number of fused-ring (bicyclic) bond motifs is 1. The molecule has 3 nitrogen and oxygen atoms in total. The van der Waals surface area contributed by atoms with Crippen molar-refractivity contribution in [1.82, 2.24) is 4.98 Å². The fraction of sp³-hybridized carbons (Fsp3) is 0.133. The van der Waals surface area contributed by atoms with E-state index in [1.165, 1.54) is 11.3 Å². The smallest absolute Gasteiger partial charge is 0.274 e. The third kappa shape index (κ3) is 2.53. The average molecular weight is 270 g/mol. The molecule has 96 valence electrons. The highest BCUT2D eigenvalue weighted by molar-refractivity contribution is 7.20. The zero-order chi connectivity index (χ0) is 13.2. The molecule has 0 aliphatic rings. The highest BCUT2D eigenvalue weighted by Crippen LogP contribution is 2.31. The Morgan fingerprint density at radius 1 is 1.16 bits per heavy atom. The third-order valence-corrected chi connectivity index (χ3v) is 3.85. The van der Waals surface area contributed by atoms with Crippen LogP contribution >= 0.6 is 11.3 Å². The number of aromatic nitrogens is 1. The molecule has 1 unspecified atom stereocenters. The fourth-order valence-corrected chi connectivity index (χ4v) is 2.85. The third-order valence-electron chi connectivity index (χ3n) is 2.94. The Morgan fingerprint density at radius 3 is 2.74 bits per heavy atom. The van der Waals surface area contributed by atoms with Gasteiger partial charge in [-0.15, -0.1) is 0 Å². The second-order valence-corrected chi connectivity index (χ2v) is 5.37. The van der Waals surface area contributed by atoms with Gasteiger partial charge in [-0.2, -0.15) is 0 Å². The van der Waals surface area contributed by atoms with E-state index in [1.54, 1.807) is 0 Å². The average Bonchev–Trinajstić information content (AvgIpc) is 2.81. The summed E-state index contributed by atoms with van der Waals surface area (Å²) in [4.78, 5) is 4.46. The minimum absolute atomic E-state index is 0.0147. The second kappa shape index (κ2) is 4.90. The molecule has 0 spiro atoms. The molecule has 2 aromatic carbocycles. The number of hydrogen-bond acceptors (Lipinski definition) is 4. The lowest BCUT2D eigenvalue weighted by Crippen LogP contribution is -2.02. The van der Waals surface area contributed by atoms with Crippen LogP contribution in [0.5, 0.6) is 5.19 Å². The Morgan fingerprint density at radius 2 is 1.95 bits per heavy atom. The van der Waals surface area contributed by atoms with Crippen LogP contribution in [0.25, 0.3) is 10.2 Å². The van der Waals surface area contributed by atoms with Gasteiger partial charge >= 0.3 is 0 Å². The topological polar surface area (TPSA) is 48.1 Å². The van der Waals surface area contributed by atoms with E-state index in [-0.39, 0.29) is 6.10 Å². The number of benzene rings is 2. The van der Waals surface area contributed by atoms with Gasteiger partial charge in [0, 0.05) is 5.69 Å².